The van der Waals surface area contributed by atoms with Gasteiger partial charge in [-0.05, 0) is 37.3 Å². The molecule has 0 spiro atoms. The molecule has 1 saturated carbocycles. The zero-order chi connectivity index (χ0) is 10.5. The van der Waals surface area contributed by atoms with Crippen LogP contribution in [0.25, 0.3) is 0 Å². The van der Waals surface area contributed by atoms with Crippen LogP contribution in [0.5, 0.6) is 0 Å². The van der Waals surface area contributed by atoms with E-state index in [1.807, 2.05) is 12.4 Å². The molecule has 1 aliphatic carbocycles. The van der Waals surface area contributed by atoms with E-state index in [1.54, 1.807) is 0 Å². The fourth-order valence-electron chi connectivity index (χ4n) is 2.29. The number of nitrogens with one attached hydrogen (secondary N) is 1. The van der Waals surface area contributed by atoms with Crippen LogP contribution in [0.3, 0.4) is 0 Å². The molecule has 82 valence electrons. The summed E-state index contributed by atoms with van der Waals surface area (Å²) in [7, 11) is 0. The summed E-state index contributed by atoms with van der Waals surface area (Å²) in [4.78, 5) is 4.15. The Morgan fingerprint density at radius 2 is 2.13 bits per heavy atom. The molecule has 1 N–H and O–H groups in total. The number of rotatable bonds is 3. The van der Waals surface area contributed by atoms with Crippen LogP contribution in [0.1, 0.15) is 37.7 Å². The highest BCUT2D eigenvalue weighted by Gasteiger charge is 2.12. The fraction of sp³-hybridized carbons (Fsp3) is 0.615. The first-order chi connectivity index (χ1) is 7.36. The van der Waals surface area contributed by atoms with Gasteiger partial charge in [-0.3, -0.25) is 4.98 Å². The van der Waals surface area contributed by atoms with Crippen molar-refractivity contribution in [2.45, 2.75) is 39.0 Å². The highest BCUT2D eigenvalue weighted by atomic mass is 14.9. The summed E-state index contributed by atoms with van der Waals surface area (Å²) in [6, 6.07) is 2.06. The molecule has 1 aromatic heterocycles. The summed E-state index contributed by atoms with van der Waals surface area (Å²) in [6.45, 7) is 3.25. The van der Waals surface area contributed by atoms with Crippen molar-refractivity contribution in [3.05, 3.63) is 24.0 Å². The Bertz CT molecular complexity index is 303. The van der Waals surface area contributed by atoms with Gasteiger partial charge in [0.2, 0.25) is 0 Å². The van der Waals surface area contributed by atoms with Gasteiger partial charge in [-0.1, -0.05) is 19.3 Å². The Balaban J connectivity index is 1.84. The number of aromatic nitrogens is 1. The standard InChI is InChI=1S/C13H20N2/c1-11-7-8-14-10-13(11)15-9-12-5-3-2-4-6-12/h7-8,10,12,15H,2-6,9H2,1H3. The van der Waals surface area contributed by atoms with Crippen LogP contribution in [0.2, 0.25) is 0 Å². The lowest BCUT2D eigenvalue weighted by molar-refractivity contribution is 0.373. The van der Waals surface area contributed by atoms with E-state index >= 15 is 0 Å². The molecule has 2 rings (SSSR count). The summed E-state index contributed by atoms with van der Waals surface area (Å²) < 4.78 is 0. The molecular formula is C13H20N2. The van der Waals surface area contributed by atoms with Crippen molar-refractivity contribution in [3.63, 3.8) is 0 Å². The lowest BCUT2D eigenvalue weighted by Gasteiger charge is -2.22. The molecule has 1 aromatic rings. The maximum atomic E-state index is 4.15. The molecule has 0 saturated heterocycles. The minimum Gasteiger partial charge on any atom is -0.383 e. The Morgan fingerprint density at radius 1 is 1.33 bits per heavy atom. The van der Waals surface area contributed by atoms with Gasteiger partial charge in [-0.25, -0.2) is 0 Å². The minimum atomic E-state index is 0.873. The predicted molar refractivity (Wildman–Crippen MR) is 64.0 cm³/mol. The van der Waals surface area contributed by atoms with Crippen molar-refractivity contribution in [1.82, 2.24) is 4.98 Å². The van der Waals surface area contributed by atoms with E-state index in [4.69, 9.17) is 0 Å². The molecule has 0 amide bonds. The van der Waals surface area contributed by atoms with E-state index < -0.39 is 0 Å². The smallest absolute Gasteiger partial charge is 0.0556 e. The normalized spacial score (nSPS) is 17.7. The highest BCUT2D eigenvalue weighted by Crippen LogP contribution is 2.24. The first-order valence-electron chi connectivity index (χ1n) is 6.01. The van der Waals surface area contributed by atoms with Crippen LogP contribution in [-0.4, -0.2) is 11.5 Å². The van der Waals surface area contributed by atoms with Gasteiger partial charge in [0.25, 0.3) is 0 Å². The number of pyridine rings is 1. The first kappa shape index (κ1) is 10.5. The van der Waals surface area contributed by atoms with E-state index in [9.17, 15) is 0 Å². The number of hydrogen-bond acceptors (Lipinski definition) is 2. The van der Waals surface area contributed by atoms with Crippen LogP contribution in [-0.2, 0) is 0 Å². The molecular weight excluding hydrogens is 184 g/mol. The number of hydrogen-bond donors (Lipinski definition) is 1. The van der Waals surface area contributed by atoms with E-state index in [2.05, 4.69) is 23.3 Å². The molecule has 15 heavy (non-hydrogen) atoms. The first-order valence-corrected chi connectivity index (χ1v) is 6.01. The van der Waals surface area contributed by atoms with E-state index in [-0.39, 0.29) is 0 Å². The van der Waals surface area contributed by atoms with Crippen molar-refractivity contribution in [2.24, 2.45) is 5.92 Å². The van der Waals surface area contributed by atoms with Gasteiger partial charge in [0.05, 0.1) is 11.9 Å². The predicted octanol–water partition coefficient (Wildman–Crippen LogP) is 3.38. The van der Waals surface area contributed by atoms with E-state index in [0.717, 1.165) is 12.5 Å². The highest BCUT2D eigenvalue weighted by molar-refractivity contribution is 5.47. The molecule has 1 aliphatic rings. The average Bonchev–Trinajstić information content (AvgIpc) is 2.29. The Hall–Kier alpha value is -1.05. The van der Waals surface area contributed by atoms with Gasteiger partial charge < -0.3 is 5.32 Å². The zero-order valence-electron chi connectivity index (χ0n) is 9.50. The molecule has 1 heterocycles. The third kappa shape index (κ3) is 2.95. The zero-order valence-corrected chi connectivity index (χ0v) is 9.50. The van der Waals surface area contributed by atoms with Crippen LogP contribution >= 0.6 is 0 Å². The van der Waals surface area contributed by atoms with E-state index in [1.165, 1.54) is 43.4 Å². The summed E-state index contributed by atoms with van der Waals surface area (Å²) in [5, 5.41) is 3.52. The number of anilines is 1. The second-order valence-electron chi connectivity index (χ2n) is 4.58. The Kier molecular flexibility index (Phi) is 3.59. The van der Waals surface area contributed by atoms with Crippen molar-refractivity contribution >= 4 is 5.69 Å². The summed E-state index contributed by atoms with van der Waals surface area (Å²) >= 11 is 0. The lowest BCUT2D eigenvalue weighted by atomic mass is 9.89. The number of aryl methyl sites for hydroxylation is 1. The molecule has 0 aromatic carbocycles. The van der Waals surface area contributed by atoms with Crippen molar-refractivity contribution in [2.75, 3.05) is 11.9 Å². The molecule has 2 heteroatoms. The van der Waals surface area contributed by atoms with Gasteiger partial charge in [0, 0.05) is 12.7 Å². The van der Waals surface area contributed by atoms with Crippen LogP contribution < -0.4 is 5.32 Å². The Morgan fingerprint density at radius 3 is 2.87 bits per heavy atom. The topological polar surface area (TPSA) is 24.9 Å². The monoisotopic (exact) mass is 204 g/mol. The molecule has 0 unspecified atom stereocenters. The second-order valence-corrected chi connectivity index (χ2v) is 4.58. The largest absolute Gasteiger partial charge is 0.383 e. The summed E-state index contributed by atoms with van der Waals surface area (Å²) in [6.07, 6.45) is 10.8. The van der Waals surface area contributed by atoms with Crippen molar-refractivity contribution in [3.8, 4) is 0 Å². The number of nitrogens with zero attached hydrogens (tertiary/aromatic N) is 1. The second kappa shape index (κ2) is 5.15. The van der Waals surface area contributed by atoms with Crippen molar-refractivity contribution < 1.29 is 0 Å². The third-order valence-electron chi connectivity index (χ3n) is 3.35. The molecule has 0 radical (unpaired) electrons. The van der Waals surface area contributed by atoms with Gasteiger partial charge in [-0.2, -0.15) is 0 Å². The Labute approximate surface area is 92.1 Å². The molecule has 2 nitrogen and oxygen atoms in total. The van der Waals surface area contributed by atoms with Crippen LogP contribution in [0.4, 0.5) is 5.69 Å². The van der Waals surface area contributed by atoms with Gasteiger partial charge in [-0.15, -0.1) is 0 Å². The SMILES string of the molecule is Cc1ccncc1NCC1CCCCC1. The maximum absolute atomic E-state index is 4.15. The molecule has 0 aliphatic heterocycles. The summed E-state index contributed by atoms with van der Waals surface area (Å²) in [5.41, 5.74) is 2.49. The summed E-state index contributed by atoms with van der Waals surface area (Å²) in [5.74, 6) is 0.873. The van der Waals surface area contributed by atoms with Crippen LogP contribution in [0, 0.1) is 12.8 Å². The van der Waals surface area contributed by atoms with Crippen molar-refractivity contribution in [1.29, 1.82) is 0 Å². The minimum absolute atomic E-state index is 0.873. The third-order valence-corrected chi connectivity index (χ3v) is 3.35. The van der Waals surface area contributed by atoms with Crippen LogP contribution in [0.15, 0.2) is 18.5 Å². The lowest BCUT2D eigenvalue weighted by Crippen LogP contribution is -2.17. The fourth-order valence-corrected chi connectivity index (χ4v) is 2.29. The average molecular weight is 204 g/mol. The quantitative estimate of drug-likeness (QED) is 0.816. The molecule has 0 bridgehead atoms. The van der Waals surface area contributed by atoms with Gasteiger partial charge in [0.15, 0.2) is 0 Å². The van der Waals surface area contributed by atoms with E-state index in [0.29, 0.717) is 0 Å². The maximum Gasteiger partial charge on any atom is 0.0556 e. The van der Waals surface area contributed by atoms with Gasteiger partial charge in [0.1, 0.15) is 0 Å². The van der Waals surface area contributed by atoms with Gasteiger partial charge >= 0.3 is 0 Å². The molecule has 0 atom stereocenters. The molecule has 1 fully saturated rings.